The molecule has 1 N–H and O–H groups in total. The Morgan fingerprint density at radius 1 is 1.05 bits per heavy atom. The monoisotopic (exact) mass is 296 g/mol. The van der Waals surface area contributed by atoms with Crippen molar-refractivity contribution in [3.05, 3.63) is 0 Å². The van der Waals surface area contributed by atoms with Crippen LogP contribution < -0.4 is 5.32 Å². The Kier molecular flexibility index (Phi) is 8.89. The summed E-state index contributed by atoms with van der Waals surface area (Å²) in [6.45, 7) is 16.6. The number of unbranched alkanes of at least 4 members (excludes halogenated alkanes) is 3. The van der Waals surface area contributed by atoms with E-state index in [1.165, 1.54) is 51.6 Å². The molecule has 0 radical (unpaired) electrons. The van der Waals surface area contributed by atoms with Crippen LogP contribution in [0.15, 0.2) is 0 Å². The van der Waals surface area contributed by atoms with E-state index in [1.807, 2.05) is 0 Å². The third-order valence-electron chi connectivity index (χ3n) is 5.04. The third-order valence-corrected chi connectivity index (χ3v) is 5.04. The molecule has 0 amide bonds. The van der Waals surface area contributed by atoms with E-state index in [2.05, 4.69) is 51.8 Å². The van der Waals surface area contributed by atoms with Crippen molar-refractivity contribution >= 4 is 0 Å². The predicted molar refractivity (Wildman–Crippen MR) is 94.8 cm³/mol. The number of rotatable bonds is 9. The molecule has 0 aromatic carbocycles. The predicted octanol–water partition coefficient (Wildman–Crippen LogP) is 4.69. The van der Waals surface area contributed by atoms with Gasteiger partial charge < -0.3 is 5.32 Å². The summed E-state index contributed by atoms with van der Waals surface area (Å²) in [5.74, 6) is 1.54. The van der Waals surface area contributed by atoms with Crippen LogP contribution in [0, 0.1) is 11.8 Å². The Labute approximate surface area is 134 Å². The Bertz CT molecular complexity index is 262. The van der Waals surface area contributed by atoms with Crippen molar-refractivity contribution in [1.82, 2.24) is 10.2 Å². The maximum Gasteiger partial charge on any atom is 0.0247 e. The molecule has 1 aliphatic rings. The molecule has 2 nitrogen and oxygen atoms in total. The topological polar surface area (TPSA) is 15.3 Å². The van der Waals surface area contributed by atoms with Crippen molar-refractivity contribution in [3.63, 3.8) is 0 Å². The zero-order chi connectivity index (χ0) is 15.8. The highest BCUT2D eigenvalue weighted by Gasteiger charge is 2.32. The molecule has 0 spiro atoms. The molecule has 3 unspecified atom stereocenters. The van der Waals surface area contributed by atoms with E-state index >= 15 is 0 Å². The molecular weight excluding hydrogens is 256 g/mol. The van der Waals surface area contributed by atoms with E-state index < -0.39 is 0 Å². The quantitative estimate of drug-likeness (QED) is 0.621. The summed E-state index contributed by atoms with van der Waals surface area (Å²) in [4.78, 5) is 2.82. The molecule has 1 rings (SSSR count). The zero-order valence-electron chi connectivity index (χ0n) is 15.5. The van der Waals surface area contributed by atoms with E-state index in [1.54, 1.807) is 0 Å². The first-order valence-corrected chi connectivity index (χ1v) is 9.44. The molecule has 1 aliphatic heterocycles. The van der Waals surface area contributed by atoms with Gasteiger partial charge in [0.2, 0.25) is 0 Å². The number of piperazine rings is 1. The van der Waals surface area contributed by atoms with Gasteiger partial charge in [-0.25, -0.2) is 0 Å². The van der Waals surface area contributed by atoms with Crippen LogP contribution in [0.5, 0.6) is 0 Å². The third kappa shape index (κ3) is 6.69. The van der Waals surface area contributed by atoms with E-state index in [-0.39, 0.29) is 0 Å². The largest absolute Gasteiger partial charge is 0.311 e. The molecule has 0 bridgehead atoms. The normalized spacial score (nSPS) is 25.7. The van der Waals surface area contributed by atoms with Gasteiger partial charge in [-0.3, -0.25) is 4.90 Å². The molecule has 1 fully saturated rings. The smallest absolute Gasteiger partial charge is 0.0247 e. The maximum atomic E-state index is 3.80. The standard InChI is InChI=1S/C19H40N2/c1-7-8-9-10-11-17(6)21-14-18(12-15(2)3)20-13-19(21)16(4)5/h15-20H,7-14H2,1-6H3. The van der Waals surface area contributed by atoms with Gasteiger partial charge in [-0.15, -0.1) is 0 Å². The lowest BCUT2D eigenvalue weighted by atomic mass is 9.92. The van der Waals surface area contributed by atoms with Crippen molar-refractivity contribution in [1.29, 1.82) is 0 Å². The van der Waals surface area contributed by atoms with Crippen LogP contribution in [0.4, 0.5) is 0 Å². The van der Waals surface area contributed by atoms with Crippen LogP contribution in [-0.4, -0.2) is 36.1 Å². The number of nitrogens with one attached hydrogen (secondary N) is 1. The summed E-state index contributed by atoms with van der Waals surface area (Å²) >= 11 is 0. The first kappa shape index (κ1) is 19.0. The summed E-state index contributed by atoms with van der Waals surface area (Å²) in [5, 5.41) is 3.80. The average molecular weight is 297 g/mol. The van der Waals surface area contributed by atoms with Crippen LogP contribution in [0.25, 0.3) is 0 Å². The lowest BCUT2D eigenvalue weighted by Crippen LogP contribution is -2.60. The Balaban J connectivity index is 2.53. The van der Waals surface area contributed by atoms with Crippen LogP contribution in [0.1, 0.15) is 80.1 Å². The number of hydrogen-bond donors (Lipinski definition) is 1. The van der Waals surface area contributed by atoms with Crippen molar-refractivity contribution < 1.29 is 0 Å². The lowest BCUT2D eigenvalue weighted by molar-refractivity contribution is 0.0532. The van der Waals surface area contributed by atoms with E-state index in [0.717, 1.165) is 23.9 Å². The molecule has 21 heavy (non-hydrogen) atoms. The van der Waals surface area contributed by atoms with Crippen LogP contribution >= 0.6 is 0 Å². The summed E-state index contributed by atoms with van der Waals surface area (Å²) < 4.78 is 0. The summed E-state index contributed by atoms with van der Waals surface area (Å²) in [6.07, 6.45) is 8.24. The average Bonchev–Trinajstić information content (AvgIpc) is 2.42. The highest BCUT2D eigenvalue weighted by atomic mass is 15.3. The second kappa shape index (κ2) is 9.84. The molecule has 1 heterocycles. The first-order valence-electron chi connectivity index (χ1n) is 9.44. The van der Waals surface area contributed by atoms with E-state index in [4.69, 9.17) is 0 Å². The van der Waals surface area contributed by atoms with Gasteiger partial charge >= 0.3 is 0 Å². The fourth-order valence-corrected chi connectivity index (χ4v) is 3.74. The van der Waals surface area contributed by atoms with Gasteiger partial charge in [-0.1, -0.05) is 60.3 Å². The van der Waals surface area contributed by atoms with Crippen molar-refractivity contribution in [2.24, 2.45) is 11.8 Å². The fourth-order valence-electron chi connectivity index (χ4n) is 3.74. The second-order valence-corrected chi connectivity index (χ2v) is 7.94. The summed E-state index contributed by atoms with van der Waals surface area (Å²) in [6, 6.07) is 2.15. The van der Waals surface area contributed by atoms with Gasteiger partial charge in [-0.05, 0) is 31.6 Å². The summed E-state index contributed by atoms with van der Waals surface area (Å²) in [7, 11) is 0. The minimum Gasteiger partial charge on any atom is -0.311 e. The lowest BCUT2D eigenvalue weighted by Gasteiger charge is -2.46. The van der Waals surface area contributed by atoms with Crippen LogP contribution in [0.2, 0.25) is 0 Å². The van der Waals surface area contributed by atoms with E-state index in [9.17, 15) is 0 Å². The van der Waals surface area contributed by atoms with Crippen LogP contribution in [0.3, 0.4) is 0 Å². The number of hydrogen-bond acceptors (Lipinski definition) is 2. The minimum absolute atomic E-state index is 0.693. The van der Waals surface area contributed by atoms with Crippen molar-refractivity contribution in [2.45, 2.75) is 98.2 Å². The van der Waals surface area contributed by atoms with Gasteiger partial charge in [0.05, 0.1) is 0 Å². The maximum absolute atomic E-state index is 3.80. The summed E-state index contributed by atoms with van der Waals surface area (Å²) in [5.41, 5.74) is 0. The first-order chi connectivity index (χ1) is 9.95. The molecule has 0 aliphatic carbocycles. The highest BCUT2D eigenvalue weighted by molar-refractivity contribution is 4.90. The molecule has 3 atom stereocenters. The molecule has 0 aromatic rings. The van der Waals surface area contributed by atoms with E-state index in [0.29, 0.717) is 6.04 Å². The Morgan fingerprint density at radius 3 is 2.33 bits per heavy atom. The Hall–Kier alpha value is -0.0800. The van der Waals surface area contributed by atoms with Gasteiger partial charge in [0.15, 0.2) is 0 Å². The SMILES string of the molecule is CCCCCCC(C)N1CC(CC(C)C)NCC1C(C)C. The van der Waals surface area contributed by atoms with Crippen molar-refractivity contribution in [3.8, 4) is 0 Å². The number of nitrogens with zero attached hydrogens (tertiary/aromatic N) is 1. The molecular formula is C19H40N2. The molecule has 2 heteroatoms. The molecule has 126 valence electrons. The zero-order valence-corrected chi connectivity index (χ0v) is 15.5. The molecule has 1 saturated heterocycles. The van der Waals surface area contributed by atoms with Gasteiger partial charge in [-0.2, -0.15) is 0 Å². The van der Waals surface area contributed by atoms with Crippen molar-refractivity contribution in [2.75, 3.05) is 13.1 Å². The highest BCUT2D eigenvalue weighted by Crippen LogP contribution is 2.23. The van der Waals surface area contributed by atoms with Gasteiger partial charge in [0.1, 0.15) is 0 Å². The molecule has 0 saturated carbocycles. The second-order valence-electron chi connectivity index (χ2n) is 7.94. The fraction of sp³-hybridized carbons (Fsp3) is 1.00. The van der Waals surface area contributed by atoms with Gasteiger partial charge in [0.25, 0.3) is 0 Å². The minimum atomic E-state index is 0.693. The Morgan fingerprint density at radius 2 is 1.76 bits per heavy atom. The molecule has 0 aromatic heterocycles. The van der Waals surface area contributed by atoms with Crippen LogP contribution in [-0.2, 0) is 0 Å². The van der Waals surface area contributed by atoms with Gasteiger partial charge in [0, 0.05) is 31.2 Å².